The number of ether oxygens (including phenoxy) is 1. The van der Waals surface area contributed by atoms with E-state index >= 15 is 0 Å². The van der Waals surface area contributed by atoms with Gasteiger partial charge in [-0.2, -0.15) is 0 Å². The standard InChI is InChI=1S/C19H18ClFN2O2/c20-16-10-12(2-4-17(16)21)15-9-13-1-3-14(11-18(13)25-19(15)24)23-7-5-22-6-8-23/h1-4,10-11,15,22H,5-9H2. The maximum absolute atomic E-state index is 13.4. The van der Waals surface area contributed by atoms with Gasteiger partial charge in [0.25, 0.3) is 0 Å². The lowest BCUT2D eigenvalue weighted by Crippen LogP contribution is -2.43. The lowest BCUT2D eigenvalue weighted by Gasteiger charge is -2.31. The molecule has 6 heteroatoms. The van der Waals surface area contributed by atoms with Gasteiger partial charge in [0, 0.05) is 37.9 Å². The van der Waals surface area contributed by atoms with Crippen LogP contribution in [0.2, 0.25) is 5.02 Å². The lowest BCUT2D eigenvalue weighted by molar-refractivity contribution is -0.137. The fourth-order valence-corrected chi connectivity index (χ4v) is 3.58. The first-order valence-corrected chi connectivity index (χ1v) is 8.75. The van der Waals surface area contributed by atoms with Crippen LogP contribution in [0.5, 0.6) is 5.75 Å². The second-order valence-electron chi connectivity index (χ2n) is 6.38. The molecule has 0 amide bonds. The van der Waals surface area contributed by atoms with E-state index in [4.69, 9.17) is 16.3 Å². The predicted molar refractivity (Wildman–Crippen MR) is 95.0 cm³/mol. The van der Waals surface area contributed by atoms with Crippen LogP contribution >= 0.6 is 11.6 Å². The molecule has 1 N–H and O–H groups in total. The summed E-state index contributed by atoms with van der Waals surface area (Å²) in [4.78, 5) is 14.7. The number of carbonyl (C=O) groups excluding carboxylic acids is 1. The van der Waals surface area contributed by atoms with Gasteiger partial charge in [0.2, 0.25) is 0 Å². The minimum absolute atomic E-state index is 0.0187. The van der Waals surface area contributed by atoms with Gasteiger partial charge in [0.15, 0.2) is 0 Å². The number of nitrogens with zero attached hydrogens (tertiary/aromatic N) is 1. The number of rotatable bonds is 2. The summed E-state index contributed by atoms with van der Waals surface area (Å²) in [5.74, 6) is -0.663. The molecule has 1 fully saturated rings. The van der Waals surface area contributed by atoms with Gasteiger partial charge in [-0.15, -0.1) is 0 Å². The number of fused-ring (bicyclic) bond motifs is 1. The topological polar surface area (TPSA) is 41.6 Å². The van der Waals surface area contributed by atoms with Gasteiger partial charge in [0.1, 0.15) is 11.6 Å². The van der Waals surface area contributed by atoms with Crippen molar-refractivity contribution in [3.63, 3.8) is 0 Å². The zero-order chi connectivity index (χ0) is 17.4. The summed E-state index contributed by atoms with van der Waals surface area (Å²) in [6.07, 6.45) is 0.526. The fraction of sp³-hybridized carbons (Fsp3) is 0.316. The quantitative estimate of drug-likeness (QED) is 0.660. The van der Waals surface area contributed by atoms with Gasteiger partial charge in [-0.1, -0.05) is 23.7 Å². The minimum Gasteiger partial charge on any atom is -0.426 e. The van der Waals surface area contributed by atoms with Crippen LogP contribution < -0.4 is 15.0 Å². The van der Waals surface area contributed by atoms with Gasteiger partial charge in [-0.05, 0) is 35.7 Å². The maximum atomic E-state index is 13.4. The Morgan fingerprint density at radius 3 is 2.72 bits per heavy atom. The highest BCUT2D eigenvalue weighted by Gasteiger charge is 2.30. The summed E-state index contributed by atoms with van der Waals surface area (Å²) in [5, 5.41) is 3.34. The van der Waals surface area contributed by atoms with Crippen molar-refractivity contribution in [1.82, 2.24) is 5.32 Å². The third-order valence-electron chi connectivity index (χ3n) is 4.80. The van der Waals surface area contributed by atoms with Crippen molar-refractivity contribution in [2.75, 3.05) is 31.1 Å². The molecule has 2 aliphatic rings. The summed E-state index contributed by atoms with van der Waals surface area (Å²) in [5.41, 5.74) is 2.72. The fourth-order valence-electron chi connectivity index (χ4n) is 3.39. The molecule has 1 unspecified atom stereocenters. The summed E-state index contributed by atoms with van der Waals surface area (Å²) >= 11 is 5.85. The first-order valence-electron chi connectivity index (χ1n) is 8.37. The van der Waals surface area contributed by atoms with Crippen LogP contribution in [-0.4, -0.2) is 32.1 Å². The Balaban J connectivity index is 1.60. The van der Waals surface area contributed by atoms with E-state index in [1.54, 1.807) is 6.07 Å². The van der Waals surface area contributed by atoms with Crippen molar-refractivity contribution in [3.05, 3.63) is 58.4 Å². The van der Waals surface area contributed by atoms with E-state index in [-0.39, 0.29) is 11.0 Å². The largest absolute Gasteiger partial charge is 0.426 e. The van der Waals surface area contributed by atoms with Gasteiger partial charge in [-0.25, -0.2) is 4.39 Å². The summed E-state index contributed by atoms with van der Waals surface area (Å²) in [6.45, 7) is 3.77. The number of halogens is 2. The van der Waals surface area contributed by atoms with Crippen molar-refractivity contribution < 1.29 is 13.9 Å². The van der Waals surface area contributed by atoms with Crippen LogP contribution in [-0.2, 0) is 11.2 Å². The number of piperazine rings is 1. The third kappa shape index (κ3) is 3.22. The molecule has 4 rings (SSSR count). The average molecular weight is 361 g/mol. The molecule has 2 aliphatic heterocycles. The van der Waals surface area contributed by atoms with E-state index in [0.29, 0.717) is 17.7 Å². The van der Waals surface area contributed by atoms with Crippen LogP contribution in [0.15, 0.2) is 36.4 Å². The normalized spacial score (nSPS) is 20.2. The summed E-state index contributed by atoms with van der Waals surface area (Å²) in [6, 6.07) is 10.4. The van der Waals surface area contributed by atoms with E-state index < -0.39 is 11.7 Å². The zero-order valence-electron chi connectivity index (χ0n) is 13.6. The number of benzene rings is 2. The summed E-state index contributed by atoms with van der Waals surface area (Å²) in [7, 11) is 0. The van der Waals surface area contributed by atoms with Gasteiger partial charge in [0.05, 0.1) is 10.9 Å². The Labute approximate surface area is 150 Å². The Kier molecular flexibility index (Phi) is 4.36. The molecule has 0 aliphatic carbocycles. The number of esters is 1. The molecule has 25 heavy (non-hydrogen) atoms. The Hall–Kier alpha value is -2.11. The van der Waals surface area contributed by atoms with Crippen LogP contribution in [0.1, 0.15) is 17.0 Å². The lowest BCUT2D eigenvalue weighted by atomic mass is 9.89. The van der Waals surface area contributed by atoms with Crippen LogP contribution in [0.4, 0.5) is 10.1 Å². The molecule has 2 aromatic rings. The predicted octanol–water partition coefficient (Wildman–Crippen LogP) is 3.13. The second-order valence-corrected chi connectivity index (χ2v) is 6.79. The molecule has 1 atom stereocenters. The molecule has 130 valence electrons. The number of carbonyl (C=O) groups is 1. The highest BCUT2D eigenvalue weighted by molar-refractivity contribution is 6.30. The van der Waals surface area contributed by atoms with Crippen LogP contribution in [0, 0.1) is 5.82 Å². The molecule has 1 saturated heterocycles. The third-order valence-corrected chi connectivity index (χ3v) is 5.09. The highest BCUT2D eigenvalue weighted by Crippen LogP contribution is 2.36. The molecule has 0 spiro atoms. The van der Waals surface area contributed by atoms with E-state index in [0.717, 1.165) is 37.4 Å². The molecular formula is C19H18ClFN2O2. The van der Waals surface area contributed by atoms with Gasteiger partial charge in [-0.3, -0.25) is 4.79 Å². The van der Waals surface area contributed by atoms with Crippen LogP contribution in [0.25, 0.3) is 0 Å². The Bertz CT molecular complexity index is 821. The molecule has 0 bridgehead atoms. The van der Waals surface area contributed by atoms with E-state index in [1.807, 2.05) is 12.1 Å². The van der Waals surface area contributed by atoms with Crippen molar-refractivity contribution in [3.8, 4) is 5.75 Å². The first-order chi connectivity index (χ1) is 12.1. The molecule has 2 aromatic carbocycles. The van der Waals surface area contributed by atoms with Gasteiger partial charge >= 0.3 is 5.97 Å². The first kappa shape index (κ1) is 16.4. The monoisotopic (exact) mass is 360 g/mol. The average Bonchev–Trinajstić information content (AvgIpc) is 2.64. The Morgan fingerprint density at radius 2 is 1.96 bits per heavy atom. The number of hydrogen-bond donors (Lipinski definition) is 1. The van der Waals surface area contributed by atoms with Crippen molar-refractivity contribution in [2.24, 2.45) is 0 Å². The number of anilines is 1. The van der Waals surface area contributed by atoms with Crippen molar-refractivity contribution >= 4 is 23.3 Å². The molecule has 4 nitrogen and oxygen atoms in total. The molecule has 0 saturated carbocycles. The Morgan fingerprint density at radius 1 is 1.16 bits per heavy atom. The van der Waals surface area contributed by atoms with E-state index in [9.17, 15) is 9.18 Å². The van der Waals surface area contributed by atoms with Crippen molar-refractivity contribution in [1.29, 1.82) is 0 Å². The number of hydrogen-bond acceptors (Lipinski definition) is 4. The van der Waals surface area contributed by atoms with Crippen molar-refractivity contribution in [2.45, 2.75) is 12.3 Å². The molecule has 0 radical (unpaired) electrons. The minimum atomic E-state index is -0.490. The molecule has 0 aromatic heterocycles. The van der Waals surface area contributed by atoms with E-state index in [2.05, 4.69) is 16.3 Å². The van der Waals surface area contributed by atoms with Gasteiger partial charge < -0.3 is 15.0 Å². The maximum Gasteiger partial charge on any atom is 0.319 e. The smallest absolute Gasteiger partial charge is 0.319 e. The second kappa shape index (κ2) is 6.65. The van der Waals surface area contributed by atoms with E-state index in [1.165, 1.54) is 12.1 Å². The van der Waals surface area contributed by atoms with Crippen LogP contribution in [0.3, 0.4) is 0 Å². The summed E-state index contributed by atoms with van der Waals surface area (Å²) < 4.78 is 18.9. The molecular weight excluding hydrogens is 343 g/mol. The SMILES string of the molecule is O=C1Oc2cc(N3CCNCC3)ccc2CC1c1ccc(F)c(Cl)c1. The molecule has 2 heterocycles. The zero-order valence-corrected chi connectivity index (χ0v) is 14.4. The highest BCUT2D eigenvalue weighted by atomic mass is 35.5. The number of nitrogens with one attached hydrogen (secondary N) is 1.